The smallest absolute Gasteiger partial charge is 0.143 e. The van der Waals surface area contributed by atoms with E-state index in [1.165, 1.54) is 0 Å². The summed E-state index contributed by atoms with van der Waals surface area (Å²) in [6.45, 7) is 8.41. The topological polar surface area (TPSA) is 24.1 Å². The molecule has 1 unspecified atom stereocenters. The van der Waals surface area contributed by atoms with Crippen molar-refractivity contribution in [2.45, 2.75) is 33.2 Å². The van der Waals surface area contributed by atoms with Crippen LogP contribution in [0.4, 0.5) is 0 Å². The van der Waals surface area contributed by atoms with Gasteiger partial charge >= 0.3 is 0 Å². The Morgan fingerprint density at radius 3 is 2.21 bits per heavy atom. The Morgan fingerprint density at radius 2 is 1.71 bits per heavy atom. The van der Waals surface area contributed by atoms with Crippen molar-refractivity contribution in [1.82, 2.24) is 10.9 Å². The molecule has 0 spiro atoms. The van der Waals surface area contributed by atoms with Gasteiger partial charge in [0.2, 0.25) is 0 Å². The molecule has 0 bridgehead atoms. The minimum absolute atomic E-state index is 0.486. The Morgan fingerprint density at radius 1 is 1.07 bits per heavy atom. The molecule has 0 saturated heterocycles. The van der Waals surface area contributed by atoms with Gasteiger partial charge in [-0.05, 0) is 26.0 Å². The molecule has 0 aromatic carbocycles. The Labute approximate surface area is 87.0 Å². The standard InChI is InChI=1S/C11H22N3/c1-4-11-9-7-8-10-14(11,12-5-2)13-6-3/h7-13H,4-6H2,1-3H3/q+1. The van der Waals surface area contributed by atoms with Crippen LogP contribution in [-0.4, -0.2) is 23.8 Å². The Bertz CT molecular complexity index is 215. The molecule has 0 radical (unpaired) electrons. The highest BCUT2D eigenvalue weighted by Gasteiger charge is 2.33. The van der Waals surface area contributed by atoms with Crippen LogP contribution in [0.15, 0.2) is 24.4 Å². The second kappa shape index (κ2) is 5.29. The van der Waals surface area contributed by atoms with Gasteiger partial charge in [-0.25, -0.2) is 0 Å². The first-order valence-electron chi connectivity index (χ1n) is 5.53. The second-order valence-electron chi connectivity index (χ2n) is 3.50. The van der Waals surface area contributed by atoms with E-state index in [2.05, 4.69) is 56.1 Å². The third-order valence-corrected chi connectivity index (χ3v) is 2.55. The molecule has 2 N–H and O–H groups in total. The van der Waals surface area contributed by atoms with E-state index < -0.39 is 0 Å². The molecule has 0 saturated carbocycles. The number of hydrogen-bond acceptors (Lipinski definition) is 2. The zero-order chi connectivity index (χ0) is 10.4. The van der Waals surface area contributed by atoms with Crippen molar-refractivity contribution in [3.63, 3.8) is 0 Å². The average molecular weight is 196 g/mol. The summed E-state index contributed by atoms with van der Waals surface area (Å²) < 4.78 is 0.681. The van der Waals surface area contributed by atoms with Crippen molar-refractivity contribution >= 4 is 0 Å². The van der Waals surface area contributed by atoms with Gasteiger partial charge in [0.1, 0.15) is 12.2 Å². The van der Waals surface area contributed by atoms with E-state index in [9.17, 15) is 0 Å². The Kier molecular flexibility index (Phi) is 4.32. The van der Waals surface area contributed by atoms with E-state index in [4.69, 9.17) is 0 Å². The van der Waals surface area contributed by atoms with Gasteiger partial charge in [-0.3, -0.25) is 0 Å². The van der Waals surface area contributed by atoms with E-state index in [0.717, 1.165) is 19.5 Å². The molecule has 1 aliphatic rings. The van der Waals surface area contributed by atoms with Gasteiger partial charge < -0.3 is 0 Å². The molecule has 3 heteroatoms. The van der Waals surface area contributed by atoms with Crippen molar-refractivity contribution in [1.29, 1.82) is 0 Å². The zero-order valence-corrected chi connectivity index (χ0v) is 9.46. The molecule has 14 heavy (non-hydrogen) atoms. The van der Waals surface area contributed by atoms with Crippen molar-refractivity contribution < 1.29 is 4.70 Å². The van der Waals surface area contributed by atoms with Crippen LogP contribution in [0, 0.1) is 0 Å². The van der Waals surface area contributed by atoms with Gasteiger partial charge in [0.05, 0.1) is 0 Å². The first-order valence-corrected chi connectivity index (χ1v) is 5.53. The SMILES string of the molecule is CCN[N+]1(NCC)C=CC=CC1CC. The normalized spacial score (nSPS) is 24.1. The predicted molar refractivity (Wildman–Crippen MR) is 60.0 cm³/mol. The van der Waals surface area contributed by atoms with Crippen molar-refractivity contribution in [3.8, 4) is 0 Å². The molecule has 1 heterocycles. The Hall–Kier alpha value is -0.640. The quantitative estimate of drug-likeness (QED) is 0.654. The highest BCUT2D eigenvalue weighted by molar-refractivity contribution is 5.07. The molecule has 0 aliphatic carbocycles. The summed E-state index contributed by atoms with van der Waals surface area (Å²) >= 11 is 0. The van der Waals surface area contributed by atoms with Crippen LogP contribution in [0.1, 0.15) is 27.2 Å². The summed E-state index contributed by atoms with van der Waals surface area (Å²) in [6, 6.07) is 0.486. The van der Waals surface area contributed by atoms with Crippen LogP contribution >= 0.6 is 0 Å². The summed E-state index contributed by atoms with van der Waals surface area (Å²) in [4.78, 5) is 0. The summed E-state index contributed by atoms with van der Waals surface area (Å²) in [5.41, 5.74) is 6.98. The predicted octanol–water partition coefficient (Wildman–Crippen LogP) is 1.71. The van der Waals surface area contributed by atoms with Crippen LogP contribution < -0.4 is 10.9 Å². The second-order valence-corrected chi connectivity index (χ2v) is 3.50. The lowest BCUT2D eigenvalue weighted by Crippen LogP contribution is -2.67. The largest absolute Gasteiger partial charge is 0.148 e. The number of allylic oxidation sites excluding steroid dienone is 2. The summed E-state index contributed by atoms with van der Waals surface area (Å²) in [5, 5.41) is 0. The van der Waals surface area contributed by atoms with E-state index >= 15 is 0 Å². The monoisotopic (exact) mass is 196 g/mol. The molecular weight excluding hydrogens is 174 g/mol. The number of rotatable bonds is 5. The number of nitrogens with zero attached hydrogens (tertiary/aromatic N) is 1. The highest BCUT2D eigenvalue weighted by atomic mass is 15.9. The van der Waals surface area contributed by atoms with Gasteiger partial charge in [-0.1, -0.05) is 13.0 Å². The molecule has 1 atom stereocenters. The Balaban J connectivity index is 2.81. The van der Waals surface area contributed by atoms with Crippen LogP contribution in [0.2, 0.25) is 0 Å². The molecule has 0 aromatic heterocycles. The van der Waals surface area contributed by atoms with E-state index in [1.54, 1.807) is 0 Å². The van der Waals surface area contributed by atoms with Gasteiger partial charge in [0, 0.05) is 19.5 Å². The number of quaternary nitrogens is 1. The highest BCUT2D eigenvalue weighted by Crippen LogP contribution is 2.16. The maximum absolute atomic E-state index is 3.49. The fourth-order valence-corrected chi connectivity index (χ4v) is 1.97. The van der Waals surface area contributed by atoms with Crippen LogP contribution in [-0.2, 0) is 0 Å². The van der Waals surface area contributed by atoms with E-state index in [0.29, 0.717) is 10.7 Å². The summed E-state index contributed by atoms with van der Waals surface area (Å²) in [6.07, 6.45) is 9.78. The van der Waals surface area contributed by atoms with E-state index in [-0.39, 0.29) is 0 Å². The summed E-state index contributed by atoms with van der Waals surface area (Å²) in [5.74, 6) is 0. The van der Waals surface area contributed by atoms with Crippen LogP contribution in [0.3, 0.4) is 0 Å². The molecule has 3 nitrogen and oxygen atoms in total. The van der Waals surface area contributed by atoms with Crippen molar-refractivity contribution in [2.75, 3.05) is 13.1 Å². The molecule has 0 fully saturated rings. The first-order chi connectivity index (χ1) is 6.79. The molecule has 1 aliphatic heterocycles. The maximum atomic E-state index is 3.49. The fourth-order valence-electron chi connectivity index (χ4n) is 1.97. The molecule has 1 rings (SSSR count). The van der Waals surface area contributed by atoms with Gasteiger partial charge in [0.15, 0.2) is 0 Å². The third kappa shape index (κ3) is 2.23. The minimum Gasteiger partial charge on any atom is -0.143 e. The fraction of sp³-hybridized carbons (Fsp3) is 0.636. The van der Waals surface area contributed by atoms with Gasteiger partial charge in [-0.15, -0.1) is 15.6 Å². The maximum Gasteiger partial charge on any atom is 0.148 e. The van der Waals surface area contributed by atoms with Crippen LogP contribution in [0.25, 0.3) is 0 Å². The first kappa shape index (κ1) is 11.4. The van der Waals surface area contributed by atoms with Gasteiger partial charge in [0.25, 0.3) is 0 Å². The van der Waals surface area contributed by atoms with Gasteiger partial charge in [-0.2, -0.15) is 0 Å². The average Bonchev–Trinajstić information content (AvgIpc) is 2.19. The molecule has 80 valence electrons. The molecular formula is C11H22N3+. The van der Waals surface area contributed by atoms with Crippen molar-refractivity contribution in [2.24, 2.45) is 0 Å². The molecule has 0 aromatic rings. The zero-order valence-electron chi connectivity index (χ0n) is 9.46. The minimum atomic E-state index is 0.486. The number of hydrogen-bond donors (Lipinski definition) is 2. The lowest BCUT2D eigenvalue weighted by atomic mass is 10.1. The molecule has 0 amide bonds. The lowest BCUT2D eigenvalue weighted by Gasteiger charge is -2.39. The summed E-state index contributed by atoms with van der Waals surface area (Å²) in [7, 11) is 0. The third-order valence-electron chi connectivity index (χ3n) is 2.55. The van der Waals surface area contributed by atoms with Crippen molar-refractivity contribution in [3.05, 3.63) is 24.4 Å². The lowest BCUT2D eigenvalue weighted by molar-refractivity contribution is -0.981. The van der Waals surface area contributed by atoms with E-state index in [1.807, 2.05) is 0 Å². The number of nitrogens with one attached hydrogen (secondary N) is 2. The van der Waals surface area contributed by atoms with Crippen LogP contribution in [0.5, 0.6) is 0 Å².